The average Bonchev–Trinajstić information content (AvgIpc) is 3.01. The summed E-state index contributed by atoms with van der Waals surface area (Å²) in [5.74, 6) is -0.391. The molecule has 152 valence electrons. The number of aryl methyl sites for hydroxylation is 4. The number of aromatic nitrogens is 1. The zero-order valence-electron chi connectivity index (χ0n) is 16.8. The zero-order valence-corrected chi connectivity index (χ0v) is 17.6. The molecule has 0 unspecified atom stereocenters. The van der Waals surface area contributed by atoms with Crippen molar-refractivity contribution in [3.8, 4) is 0 Å². The molecule has 0 radical (unpaired) electrons. The minimum absolute atomic E-state index is 0.0947. The second kappa shape index (κ2) is 9.78. The predicted octanol–water partition coefficient (Wildman–Crippen LogP) is 4.40. The van der Waals surface area contributed by atoms with Gasteiger partial charge in [-0.2, -0.15) is 0 Å². The van der Waals surface area contributed by atoms with Gasteiger partial charge in [0.15, 0.2) is 5.78 Å². The summed E-state index contributed by atoms with van der Waals surface area (Å²) >= 11 is 1.59. The van der Waals surface area contributed by atoms with E-state index in [9.17, 15) is 14.0 Å². The number of carbonyl (C=O) groups is 2. The number of hydrogen-bond acceptors (Lipinski definition) is 5. The fraction of sp³-hybridized carbons (Fsp3) is 0.476. The number of Topliss-reactive ketones (excluding diaryl/α,β-unsaturated/α-hetero) is 1. The van der Waals surface area contributed by atoms with Crippen LogP contribution in [0.25, 0.3) is 0 Å². The van der Waals surface area contributed by atoms with Crippen LogP contribution in [0.1, 0.15) is 49.0 Å². The molecule has 0 aliphatic heterocycles. The highest BCUT2D eigenvalue weighted by atomic mass is 32.1. The number of alkyl carbamates (subject to hydrolysis) is 1. The molecule has 1 aromatic heterocycles. The van der Waals surface area contributed by atoms with Gasteiger partial charge < -0.3 is 10.1 Å². The molecule has 0 spiro atoms. The Morgan fingerprint density at radius 3 is 2.57 bits per heavy atom. The average molecular weight is 407 g/mol. The molecule has 0 aliphatic rings. The Kier molecular flexibility index (Phi) is 7.69. The van der Waals surface area contributed by atoms with Crippen molar-refractivity contribution < 1.29 is 18.7 Å². The van der Waals surface area contributed by atoms with Crippen molar-refractivity contribution in [1.82, 2.24) is 10.3 Å². The molecule has 0 atom stereocenters. The van der Waals surface area contributed by atoms with Gasteiger partial charge in [-0.15, -0.1) is 11.3 Å². The van der Waals surface area contributed by atoms with E-state index in [1.54, 1.807) is 38.2 Å². The molecular formula is C21H27FN2O3S. The first-order chi connectivity index (χ1) is 13.1. The molecule has 5 nitrogen and oxygen atoms in total. The quantitative estimate of drug-likeness (QED) is 0.705. The second-order valence-corrected chi connectivity index (χ2v) is 8.74. The molecule has 1 N–H and O–H groups in total. The summed E-state index contributed by atoms with van der Waals surface area (Å²) in [4.78, 5) is 27.9. The van der Waals surface area contributed by atoms with Crippen molar-refractivity contribution in [2.45, 2.75) is 59.0 Å². The number of ether oxygens (including phenoxy) is 1. The predicted molar refractivity (Wildman–Crippen MR) is 108 cm³/mol. The monoisotopic (exact) mass is 406 g/mol. The van der Waals surface area contributed by atoms with E-state index in [1.165, 1.54) is 6.07 Å². The van der Waals surface area contributed by atoms with E-state index in [0.717, 1.165) is 16.3 Å². The van der Waals surface area contributed by atoms with Gasteiger partial charge in [0.1, 0.15) is 11.4 Å². The van der Waals surface area contributed by atoms with Crippen LogP contribution in [-0.4, -0.2) is 29.0 Å². The van der Waals surface area contributed by atoms with Gasteiger partial charge in [-0.25, -0.2) is 14.2 Å². The van der Waals surface area contributed by atoms with E-state index in [-0.39, 0.29) is 24.6 Å². The van der Waals surface area contributed by atoms with Gasteiger partial charge in [-0.05, 0) is 64.2 Å². The van der Waals surface area contributed by atoms with Crippen LogP contribution in [0.2, 0.25) is 0 Å². The second-order valence-electron chi connectivity index (χ2n) is 7.68. The lowest BCUT2D eigenvalue weighted by molar-refractivity contribution is -0.118. The Morgan fingerprint density at radius 2 is 1.96 bits per heavy atom. The topological polar surface area (TPSA) is 68.3 Å². The minimum Gasteiger partial charge on any atom is -0.444 e. The van der Waals surface area contributed by atoms with Gasteiger partial charge in [0.2, 0.25) is 0 Å². The highest BCUT2D eigenvalue weighted by Gasteiger charge is 2.16. The van der Waals surface area contributed by atoms with Gasteiger partial charge in [0.25, 0.3) is 0 Å². The third kappa shape index (κ3) is 7.76. The summed E-state index contributed by atoms with van der Waals surface area (Å²) in [6.07, 6.45) is 1.33. The summed E-state index contributed by atoms with van der Waals surface area (Å²) in [5.41, 5.74) is 1.78. The summed E-state index contributed by atoms with van der Waals surface area (Å²) in [6, 6.07) is 5.10. The van der Waals surface area contributed by atoms with E-state index < -0.39 is 11.7 Å². The molecule has 0 fully saturated rings. The van der Waals surface area contributed by atoms with Crippen LogP contribution in [0.4, 0.5) is 9.18 Å². The molecule has 1 amide bonds. The maximum atomic E-state index is 14.3. The van der Waals surface area contributed by atoms with Gasteiger partial charge in [0, 0.05) is 11.8 Å². The smallest absolute Gasteiger partial charge is 0.408 e. The molecule has 28 heavy (non-hydrogen) atoms. The molecule has 1 aromatic carbocycles. The molecule has 7 heteroatoms. The van der Waals surface area contributed by atoms with Crippen LogP contribution in [0.5, 0.6) is 0 Å². The molecule has 0 saturated heterocycles. The molecule has 0 bridgehead atoms. The van der Waals surface area contributed by atoms with E-state index >= 15 is 0 Å². The molecule has 2 aromatic rings. The van der Waals surface area contributed by atoms with E-state index in [2.05, 4.69) is 10.3 Å². The van der Waals surface area contributed by atoms with Crippen LogP contribution in [0.3, 0.4) is 0 Å². The van der Waals surface area contributed by atoms with Gasteiger partial charge >= 0.3 is 6.09 Å². The fourth-order valence-corrected chi connectivity index (χ4v) is 3.24. The molecule has 0 aliphatic carbocycles. The Labute approximate surface area is 169 Å². The highest BCUT2D eigenvalue weighted by Crippen LogP contribution is 2.16. The van der Waals surface area contributed by atoms with Gasteiger partial charge in [-0.1, -0.05) is 12.1 Å². The van der Waals surface area contributed by atoms with Crippen molar-refractivity contribution in [2.24, 2.45) is 0 Å². The minimum atomic E-state index is -0.619. The van der Waals surface area contributed by atoms with Crippen molar-refractivity contribution in [1.29, 1.82) is 0 Å². The maximum absolute atomic E-state index is 14.3. The van der Waals surface area contributed by atoms with E-state index in [0.29, 0.717) is 24.8 Å². The number of benzene rings is 1. The van der Waals surface area contributed by atoms with Crippen LogP contribution in [-0.2, 0) is 28.8 Å². The standard InChI is InChI=1S/C21H27FN2O3S/c1-14-24-17(13-28-14)9-8-16-7-5-15(11-19(16)22)6-10-18(25)12-23-20(26)27-21(2,3)4/h5,7,11,13H,6,8-10,12H2,1-4H3,(H,23,26). The Balaban J connectivity index is 1.77. The Bertz CT molecular complexity index is 827. The number of ketones is 1. The van der Waals surface area contributed by atoms with Crippen LogP contribution in [0, 0.1) is 12.7 Å². The Hall–Kier alpha value is -2.28. The number of amides is 1. The normalized spacial score (nSPS) is 11.3. The SMILES string of the molecule is Cc1nc(CCc2ccc(CCC(=O)CNC(=O)OC(C)(C)C)cc2F)cs1. The number of thiazole rings is 1. The molecule has 2 rings (SSSR count). The number of rotatable bonds is 8. The molecular weight excluding hydrogens is 379 g/mol. The van der Waals surface area contributed by atoms with Crippen LogP contribution < -0.4 is 5.32 Å². The lowest BCUT2D eigenvalue weighted by atomic mass is 10.0. The van der Waals surface area contributed by atoms with E-state index in [4.69, 9.17) is 4.74 Å². The summed E-state index contributed by atoms with van der Waals surface area (Å²) in [5, 5.41) is 5.45. The first-order valence-electron chi connectivity index (χ1n) is 9.29. The number of nitrogens with zero attached hydrogens (tertiary/aromatic N) is 1. The fourth-order valence-electron chi connectivity index (χ4n) is 2.59. The Morgan fingerprint density at radius 1 is 1.21 bits per heavy atom. The lowest BCUT2D eigenvalue weighted by Crippen LogP contribution is -2.35. The van der Waals surface area contributed by atoms with Crippen molar-refractivity contribution in [3.05, 3.63) is 51.2 Å². The van der Waals surface area contributed by atoms with Crippen molar-refractivity contribution >= 4 is 23.2 Å². The van der Waals surface area contributed by atoms with Crippen molar-refractivity contribution in [3.63, 3.8) is 0 Å². The maximum Gasteiger partial charge on any atom is 0.408 e. The summed E-state index contributed by atoms with van der Waals surface area (Å²) in [7, 11) is 0. The number of carbonyl (C=O) groups excluding carboxylic acids is 2. The third-order valence-electron chi connectivity index (χ3n) is 3.96. The summed E-state index contributed by atoms with van der Waals surface area (Å²) < 4.78 is 19.4. The highest BCUT2D eigenvalue weighted by molar-refractivity contribution is 7.09. The molecule has 0 saturated carbocycles. The van der Waals surface area contributed by atoms with Crippen LogP contribution >= 0.6 is 11.3 Å². The van der Waals surface area contributed by atoms with Crippen LogP contribution in [0.15, 0.2) is 23.6 Å². The first-order valence-corrected chi connectivity index (χ1v) is 10.2. The van der Waals surface area contributed by atoms with Crippen molar-refractivity contribution in [2.75, 3.05) is 6.54 Å². The summed E-state index contributed by atoms with van der Waals surface area (Å²) in [6.45, 7) is 7.12. The largest absolute Gasteiger partial charge is 0.444 e. The number of halogens is 1. The first kappa shape index (κ1) is 22.0. The number of nitrogens with one attached hydrogen (secondary N) is 1. The van der Waals surface area contributed by atoms with E-state index in [1.807, 2.05) is 18.4 Å². The van der Waals surface area contributed by atoms with Gasteiger partial charge in [-0.3, -0.25) is 4.79 Å². The lowest BCUT2D eigenvalue weighted by Gasteiger charge is -2.19. The number of hydrogen-bond donors (Lipinski definition) is 1. The van der Waals surface area contributed by atoms with Gasteiger partial charge in [0.05, 0.1) is 17.2 Å². The zero-order chi connectivity index (χ0) is 20.7. The molecule has 1 heterocycles. The third-order valence-corrected chi connectivity index (χ3v) is 4.78.